The fraction of sp³-hybridized carbons (Fsp3) is 0.300. The second kappa shape index (κ2) is 10.7. The van der Waals surface area contributed by atoms with Crippen molar-refractivity contribution in [1.29, 1.82) is 0 Å². The highest BCUT2D eigenvalue weighted by molar-refractivity contribution is 5.91. The molecule has 164 valence electrons. The molecule has 3 N–H and O–H groups in total. The minimum atomic E-state index is -0.936. The summed E-state index contributed by atoms with van der Waals surface area (Å²) in [5.74, 6) is -1.20. The summed E-state index contributed by atoms with van der Waals surface area (Å²) in [7, 11) is 0. The summed E-state index contributed by atoms with van der Waals surface area (Å²) in [6.07, 6.45) is 0.776. The van der Waals surface area contributed by atoms with Gasteiger partial charge in [0.1, 0.15) is 6.61 Å². The first-order valence-electron chi connectivity index (χ1n) is 9.47. The number of esters is 1. The molecule has 2 aromatic rings. The van der Waals surface area contributed by atoms with E-state index in [2.05, 4.69) is 16.2 Å². The molecule has 1 aliphatic heterocycles. The lowest BCUT2D eigenvalue weighted by atomic mass is 10.2. The lowest BCUT2D eigenvalue weighted by Crippen LogP contribution is -2.51. The van der Waals surface area contributed by atoms with Crippen molar-refractivity contribution >= 4 is 23.7 Å². The van der Waals surface area contributed by atoms with Gasteiger partial charge in [0.05, 0.1) is 6.26 Å². The van der Waals surface area contributed by atoms with Crippen LogP contribution in [0.5, 0.6) is 11.5 Å². The highest BCUT2D eigenvalue weighted by Crippen LogP contribution is 2.30. The summed E-state index contributed by atoms with van der Waals surface area (Å²) in [6, 6.07) is 10.0. The Morgan fingerprint density at radius 2 is 1.84 bits per heavy atom. The SMILES string of the molecule is O=C(COC(=O)CCCNC(=O)c1ccco1)NNC(=O)C1COc2ccccc2O1. The Balaban J connectivity index is 1.26. The number of hydrogen-bond donors (Lipinski definition) is 3. The first-order valence-corrected chi connectivity index (χ1v) is 9.47. The van der Waals surface area contributed by atoms with E-state index in [1.807, 2.05) is 0 Å². The molecule has 1 unspecified atom stereocenters. The molecule has 0 bridgehead atoms. The summed E-state index contributed by atoms with van der Waals surface area (Å²) in [5.41, 5.74) is 4.33. The smallest absolute Gasteiger partial charge is 0.306 e. The Hall–Kier alpha value is -4.02. The number of rotatable bonds is 8. The molecule has 3 amide bonds. The van der Waals surface area contributed by atoms with Crippen LogP contribution in [-0.4, -0.2) is 49.6 Å². The van der Waals surface area contributed by atoms with Crippen LogP contribution in [-0.2, 0) is 19.1 Å². The minimum Gasteiger partial charge on any atom is -0.485 e. The molecule has 3 rings (SSSR count). The Kier molecular flexibility index (Phi) is 7.46. The average Bonchev–Trinajstić information content (AvgIpc) is 3.33. The van der Waals surface area contributed by atoms with Gasteiger partial charge in [-0.2, -0.15) is 0 Å². The van der Waals surface area contributed by atoms with E-state index in [1.54, 1.807) is 30.3 Å². The molecular weight excluding hydrogens is 410 g/mol. The number of nitrogens with one attached hydrogen (secondary N) is 3. The van der Waals surface area contributed by atoms with Crippen molar-refractivity contribution in [2.24, 2.45) is 0 Å². The van der Waals surface area contributed by atoms with Gasteiger partial charge in [0.15, 0.2) is 23.9 Å². The van der Waals surface area contributed by atoms with E-state index in [-0.39, 0.29) is 31.2 Å². The maximum atomic E-state index is 12.1. The average molecular weight is 431 g/mol. The van der Waals surface area contributed by atoms with Crippen molar-refractivity contribution in [2.45, 2.75) is 18.9 Å². The van der Waals surface area contributed by atoms with Gasteiger partial charge < -0.3 is 23.9 Å². The summed E-state index contributed by atoms with van der Waals surface area (Å²) in [6.45, 7) is -0.337. The molecule has 0 fully saturated rings. The molecule has 0 saturated heterocycles. The Labute approximate surface area is 177 Å². The number of amides is 3. The molecule has 1 aromatic heterocycles. The van der Waals surface area contributed by atoms with Crippen molar-refractivity contribution < 1.29 is 37.8 Å². The zero-order valence-electron chi connectivity index (χ0n) is 16.4. The lowest BCUT2D eigenvalue weighted by Gasteiger charge is -2.25. The third-order valence-corrected chi connectivity index (χ3v) is 4.08. The van der Waals surface area contributed by atoms with Crippen molar-refractivity contribution in [2.75, 3.05) is 19.8 Å². The number of carbonyl (C=O) groups is 4. The Morgan fingerprint density at radius 3 is 2.61 bits per heavy atom. The van der Waals surface area contributed by atoms with Crippen molar-refractivity contribution in [3.63, 3.8) is 0 Å². The van der Waals surface area contributed by atoms with E-state index in [4.69, 9.17) is 18.6 Å². The summed E-state index contributed by atoms with van der Waals surface area (Å²) < 4.78 is 20.7. The van der Waals surface area contributed by atoms with Gasteiger partial charge in [-0.25, -0.2) is 0 Å². The number of furan rings is 1. The molecule has 1 aromatic carbocycles. The minimum absolute atomic E-state index is 0.00470. The Bertz CT molecular complexity index is 928. The van der Waals surface area contributed by atoms with Crippen LogP contribution in [0.25, 0.3) is 0 Å². The van der Waals surface area contributed by atoms with E-state index in [0.717, 1.165) is 0 Å². The molecule has 1 aliphatic rings. The van der Waals surface area contributed by atoms with E-state index >= 15 is 0 Å². The highest BCUT2D eigenvalue weighted by atomic mass is 16.6. The lowest BCUT2D eigenvalue weighted by molar-refractivity contribution is -0.149. The highest BCUT2D eigenvalue weighted by Gasteiger charge is 2.27. The van der Waals surface area contributed by atoms with Crippen LogP contribution in [0.2, 0.25) is 0 Å². The normalized spacial score (nSPS) is 14.3. The monoisotopic (exact) mass is 431 g/mol. The topological polar surface area (TPSA) is 145 Å². The van der Waals surface area contributed by atoms with Crippen LogP contribution < -0.4 is 25.6 Å². The molecule has 0 radical (unpaired) electrons. The zero-order chi connectivity index (χ0) is 22.1. The molecular formula is C20H21N3O8. The molecule has 0 spiro atoms. The molecule has 0 saturated carbocycles. The summed E-state index contributed by atoms with van der Waals surface area (Å²) in [4.78, 5) is 47.1. The third-order valence-electron chi connectivity index (χ3n) is 4.08. The third kappa shape index (κ3) is 6.49. The fourth-order valence-electron chi connectivity index (χ4n) is 2.54. The maximum Gasteiger partial charge on any atom is 0.306 e. The van der Waals surface area contributed by atoms with E-state index in [0.29, 0.717) is 17.9 Å². The van der Waals surface area contributed by atoms with Crippen LogP contribution in [0.3, 0.4) is 0 Å². The Morgan fingerprint density at radius 1 is 1.03 bits per heavy atom. The van der Waals surface area contributed by atoms with Gasteiger partial charge in [-0.1, -0.05) is 12.1 Å². The van der Waals surface area contributed by atoms with Crippen LogP contribution in [0.4, 0.5) is 0 Å². The van der Waals surface area contributed by atoms with Gasteiger partial charge in [-0.15, -0.1) is 0 Å². The van der Waals surface area contributed by atoms with Gasteiger partial charge >= 0.3 is 5.97 Å². The standard InChI is InChI=1S/C20H21N3O8/c24-17(12-30-18(25)8-3-9-21-19(26)15-7-4-10-28-15)22-23-20(27)16-11-29-13-5-1-2-6-14(13)31-16/h1-2,4-7,10,16H,3,8-9,11-12H2,(H,21,26)(H,22,24)(H,23,27). The quantitative estimate of drug-likeness (QED) is 0.308. The fourth-order valence-corrected chi connectivity index (χ4v) is 2.54. The second-order valence-corrected chi connectivity index (χ2v) is 6.40. The number of benzene rings is 1. The van der Waals surface area contributed by atoms with Gasteiger partial charge in [-0.3, -0.25) is 30.0 Å². The van der Waals surface area contributed by atoms with Crippen LogP contribution >= 0.6 is 0 Å². The second-order valence-electron chi connectivity index (χ2n) is 6.40. The van der Waals surface area contributed by atoms with E-state index < -0.39 is 30.5 Å². The first kappa shape index (κ1) is 21.7. The molecule has 1 atom stereocenters. The van der Waals surface area contributed by atoms with Crippen molar-refractivity contribution in [3.8, 4) is 11.5 Å². The maximum absolute atomic E-state index is 12.1. The van der Waals surface area contributed by atoms with Crippen LogP contribution in [0.15, 0.2) is 47.1 Å². The predicted octanol–water partition coefficient (Wildman–Crippen LogP) is 0.320. The van der Waals surface area contributed by atoms with Gasteiger partial charge in [-0.05, 0) is 30.7 Å². The number of hydrogen-bond acceptors (Lipinski definition) is 8. The van der Waals surface area contributed by atoms with E-state index in [9.17, 15) is 19.2 Å². The van der Waals surface area contributed by atoms with Gasteiger partial charge in [0.2, 0.25) is 6.10 Å². The molecule has 11 heteroatoms. The van der Waals surface area contributed by atoms with Crippen molar-refractivity contribution in [3.05, 3.63) is 48.4 Å². The number of ether oxygens (including phenoxy) is 3. The zero-order valence-corrected chi connectivity index (χ0v) is 16.4. The molecule has 11 nitrogen and oxygen atoms in total. The largest absolute Gasteiger partial charge is 0.485 e. The summed E-state index contributed by atoms with van der Waals surface area (Å²) >= 11 is 0. The predicted molar refractivity (Wildman–Crippen MR) is 104 cm³/mol. The first-order chi connectivity index (χ1) is 15.0. The van der Waals surface area contributed by atoms with Gasteiger partial charge in [0.25, 0.3) is 17.7 Å². The summed E-state index contributed by atoms with van der Waals surface area (Å²) in [5, 5.41) is 2.59. The number of hydrazine groups is 1. The number of fused-ring (bicyclic) bond motifs is 1. The van der Waals surface area contributed by atoms with Crippen LogP contribution in [0.1, 0.15) is 23.4 Å². The molecule has 31 heavy (non-hydrogen) atoms. The number of carbonyl (C=O) groups excluding carboxylic acids is 4. The van der Waals surface area contributed by atoms with Crippen LogP contribution in [0, 0.1) is 0 Å². The van der Waals surface area contributed by atoms with E-state index in [1.165, 1.54) is 12.3 Å². The molecule has 0 aliphatic carbocycles. The number of para-hydroxylation sites is 2. The van der Waals surface area contributed by atoms with Gasteiger partial charge in [0, 0.05) is 13.0 Å². The van der Waals surface area contributed by atoms with Crippen molar-refractivity contribution in [1.82, 2.24) is 16.2 Å². The molecule has 2 heterocycles.